The first-order valence-electron chi connectivity index (χ1n) is 8.05. The van der Waals surface area contributed by atoms with Gasteiger partial charge in [-0.2, -0.15) is 0 Å². The van der Waals surface area contributed by atoms with E-state index in [1.165, 1.54) is 0 Å². The van der Waals surface area contributed by atoms with Crippen molar-refractivity contribution >= 4 is 0 Å². The Kier molecular flexibility index (Phi) is 4.75. The molecule has 2 rings (SSSR count). The summed E-state index contributed by atoms with van der Waals surface area (Å²) in [5.74, 6) is -1.98. The molecule has 0 aromatic heterocycles. The molecule has 1 aliphatic heterocycles. The van der Waals surface area contributed by atoms with Crippen LogP contribution in [-0.2, 0) is 0 Å². The normalized spacial score (nSPS) is 36.0. The highest BCUT2D eigenvalue weighted by molar-refractivity contribution is 4.95. The summed E-state index contributed by atoms with van der Waals surface area (Å²) in [7, 11) is 0. The van der Waals surface area contributed by atoms with Crippen molar-refractivity contribution < 1.29 is 13.9 Å². The minimum Gasteiger partial charge on any atom is -0.393 e. The number of aliphatic hydroxyl groups excluding tert-OH is 1. The maximum atomic E-state index is 13.3. The van der Waals surface area contributed by atoms with Gasteiger partial charge in [0.15, 0.2) is 0 Å². The quantitative estimate of drug-likeness (QED) is 0.856. The van der Waals surface area contributed by atoms with Gasteiger partial charge in [-0.1, -0.05) is 27.2 Å². The molecule has 1 heterocycles. The van der Waals surface area contributed by atoms with E-state index in [2.05, 4.69) is 25.7 Å². The first kappa shape index (κ1) is 16.2. The number of nitrogens with zero attached hydrogens (tertiary/aromatic N) is 1. The number of likely N-dealkylation sites (tertiary alicyclic amines) is 1. The number of hydrogen-bond acceptors (Lipinski definition) is 2. The van der Waals surface area contributed by atoms with Crippen LogP contribution in [0.3, 0.4) is 0 Å². The van der Waals surface area contributed by atoms with Gasteiger partial charge in [-0.05, 0) is 30.6 Å². The molecule has 1 saturated carbocycles. The number of piperidine rings is 1. The molecule has 3 unspecified atom stereocenters. The van der Waals surface area contributed by atoms with Crippen molar-refractivity contribution in [2.45, 2.75) is 77.4 Å². The Balaban J connectivity index is 2.09. The van der Waals surface area contributed by atoms with Gasteiger partial charge >= 0.3 is 0 Å². The fourth-order valence-electron chi connectivity index (χ4n) is 3.89. The fourth-order valence-corrected chi connectivity index (χ4v) is 3.89. The minimum absolute atomic E-state index is 0.0289. The van der Waals surface area contributed by atoms with Crippen LogP contribution in [0, 0.1) is 11.3 Å². The number of rotatable bonds is 3. The zero-order valence-electron chi connectivity index (χ0n) is 13.0. The Morgan fingerprint density at radius 2 is 1.80 bits per heavy atom. The van der Waals surface area contributed by atoms with E-state index in [-0.39, 0.29) is 30.4 Å². The lowest BCUT2D eigenvalue weighted by molar-refractivity contribution is -0.0886. The summed E-state index contributed by atoms with van der Waals surface area (Å²) < 4.78 is 26.7. The van der Waals surface area contributed by atoms with Crippen LogP contribution < -0.4 is 0 Å². The maximum absolute atomic E-state index is 13.3. The molecule has 0 amide bonds. The lowest BCUT2D eigenvalue weighted by Crippen LogP contribution is -2.53. The van der Waals surface area contributed by atoms with Crippen LogP contribution in [0.1, 0.15) is 59.3 Å². The summed E-state index contributed by atoms with van der Waals surface area (Å²) in [5.41, 5.74) is 0.213. The average Bonchev–Trinajstić information content (AvgIpc) is 2.38. The van der Waals surface area contributed by atoms with E-state index in [0.29, 0.717) is 19.0 Å². The zero-order chi connectivity index (χ0) is 15.0. The highest BCUT2D eigenvalue weighted by atomic mass is 19.3. The summed E-state index contributed by atoms with van der Waals surface area (Å²) in [4.78, 5) is 2.22. The van der Waals surface area contributed by atoms with Crippen molar-refractivity contribution in [3.05, 3.63) is 0 Å². The number of alkyl halides is 2. The minimum atomic E-state index is -2.49. The van der Waals surface area contributed by atoms with E-state index in [4.69, 9.17) is 0 Å². The van der Waals surface area contributed by atoms with Gasteiger partial charge in [0.2, 0.25) is 0 Å². The van der Waals surface area contributed by atoms with Crippen molar-refractivity contribution in [1.82, 2.24) is 4.90 Å². The molecule has 4 heteroatoms. The van der Waals surface area contributed by atoms with Crippen LogP contribution >= 0.6 is 0 Å². The Bertz CT molecular complexity index is 322. The smallest absolute Gasteiger partial charge is 0.250 e. The van der Waals surface area contributed by atoms with Crippen molar-refractivity contribution in [1.29, 1.82) is 0 Å². The number of hydrogen-bond donors (Lipinski definition) is 1. The van der Waals surface area contributed by atoms with Crippen molar-refractivity contribution in [2.75, 3.05) is 13.1 Å². The molecule has 1 aliphatic carbocycles. The molecule has 0 spiro atoms. The molecule has 2 nitrogen and oxygen atoms in total. The second kappa shape index (κ2) is 5.88. The van der Waals surface area contributed by atoms with Crippen LogP contribution in [0.5, 0.6) is 0 Å². The summed E-state index contributed by atoms with van der Waals surface area (Å²) in [6, 6.07) is 0.268. The molecule has 1 N–H and O–H groups in total. The second-order valence-corrected chi connectivity index (χ2v) is 7.37. The monoisotopic (exact) mass is 289 g/mol. The van der Waals surface area contributed by atoms with Crippen molar-refractivity contribution in [3.63, 3.8) is 0 Å². The molecular weight excluding hydrogens is 260 g/mol. The predicted molar refractivity (Wildman–Crippen MR) is 77.0 cm³/mol. The lowest BCUT2D eigenvalue weighted by Gasteiger charge is -2.49. The van der Waals surface area contributed by atoms with Gasteiger partial charge < -0.3 is 5.11 Å². The van der Waals surface area contributed by atoms with Crippen LogP contribution in [0.25, 0.3) is 0 Å². The molecule has 1 saturated heterocycles. The van der Waals surface area contributed by atoms with Gasteiger partial charge in [0.25, 0.3) is 5.92 Å². The zero-order valence-corrected chi connectivity index (χ0v) is 13.0. The average molecular weight is 289 g/mol. The van der Waals surface area contributed by atoms with E-state index in [1.807, 2.05) is 0 Å². The molecular formula is C16H29F2NO. The molecule has 0 radical (unpaired) electrons. The highest BCUT2D eigenvalue weighted by Gasteiger charge is 2.44. The fraction of sp³-hybridized carbons (Fsp3) is 1.00. The number of aliphatic hydroxyl groups is 1. The molecule has 0 bridgehead atoms. The molecule has 0 aromatic carbocycles. The van der Waals surface area contributed by atoms with Crippen LogP contribution in [0.2, 0.25) is 0 Å². The molecule has 20 heavy (non-hydrogen) atoms. The van der Waals surface area contributed by atoms with E-state index in [0.717, 1.165) is 25.7 Å². The third-order valence-electron chi connectivity index (χ3n) is 5.70. The highest BCUT2D eigenvalue weighted by Crippen LogP contribution is 2.44. The standard InChI is InChI=1S/C16H29F2NO/c1-4-15(2,3)13-6-5-12(20)11-14(13)19-9-7-16(17,18)8-10-19/h12-14,20H,4-11H2,1-3H3. The Labute approximate surface area is 121 Å². The van der Waals surface area contributed by atoms with Crippen molar-refractivity contribution in [2.24, 2.45) is 11.3 Å². The van der Waals surface area contributed by atoms with Crippen LogP contribution in [-0.4, -0.2) is 41.2 Å². The van der Waals surface area contributed by atoms with Crippen LogP contribution in [0.15, 0.2) is 0 Å². The summed E-state index contributed by atoms with van der Waals surface area (Å²) in [6.45, 7) is 7.70. The maximum Gasteiger partial charge on any atom is 0.250 e. The molecule has 0 aromatic rings. The van der Waals surface area contributed by atoms with E-state index < -0.39 is 5.92 Å². The third-order valence-corrected chi connectivity index (χ3v) is 5.70. The van der Waals surface area contributed by atoms with E-state index >= 15 is 0 Å². The van der Waals surface area contributed by atoms with Gasteiger partial charge in [-0.25, -0.2) is 8.78 Å². The van der Waals surface area contributed by atoms with Gasteiger partial charge in [0.1, 0.15) is 0 Å². The first-order chi connectivity index (χ1) is 9.25. The number of halogens is 2. The molecule has 3 atom stereocenters. The van der Waals surface area contributed by atoms with Crippen LogP contribution in [0.4, 0.5) is 8.78 Å². The third kappa shape index (κ3) is 3.51. The summed E-state index contributed by atoms with van der Waals surface area (Å²) >= 11 is 0. The predicted octanol–water partition coefficient (Wildman–Crippen LogP) is 3.68. The van der Waals surface area contributed by atoms with E-state index in [1.54, 1.807) is 0 Å². The van der Waals surface area contributed by atoms with Gasteiger partial charge in [0, 0.05) is 32.0 Å². The topological polar surface area (TPSA) is 23.5 Å². The Morgan fingerprint density at radius 1 is 1.20 bits per heavy atom. The SMILES string of the molecule is CCC(C)(C)C1CCC(O)CC1N1CCC(F)(F)CC1. The molecule has 2 aliphatic rings. The Morgan fingerprint density at radius 3 is 2.35 bits per heavy atom. The second-order valence-electron chi connectivity index (χ2n) is 7.37. The molecule has 2 fully saturated rings. The van der Waals surface area contributed by atoms with Gasteiger partial charge in [-0.3, -0.25) is 4.90 Å². The van der Waals surface area contributed by atoms with Gasteiger partial charge in [0.05, 0.1) is 6.10 Å². The van der Waals surface area contributed by atoms with Crippen molar-refractivity contribution in [3.8, 4) is 0 Å². The lowest BCUT2D eigenvalue weighted by atomic mass is 9.66. The first-order valence-corrected chi connectivity index (χ1v) is 8.05. The Hall–Kier alpha value is -0.220. The summed E-state index contributed by atoms with van der Waals surface area (Å²) in [6.07, 6.45) is 3.39. The largest absolute Gasteiger partial charge is 0.393 e. The van der Waals surface area contributed by atoms with E-state index in [9.17, 15) is 13.9 Å². The summed E-state index contributed by atoms with van der Waals surface area (Å²) in [5, 5.41) is 9.99. The molecule has 118 valence electrons. The van der Waals surface area contributed by atoms with Gasteiger partial charge in [-0.15, -0.1) is 0 Å².